The lowest BCUT2D eigenvalue weighted by Gasteiger charge is -2.27. The van der Waals surface area contributed by atoms with Crippen LogP contribution in [0.2, 0.25) is 0 Å². The largest absolute Gasteiger partial charge is 0.444 e. The average molecular weight is 653 g/mol. The molecule has 1 saturated carbocycles. The second kappa shape index (κ2) is 17.2. The van der Waals surface area contributed by atoms with Gasteiger partial charge in [-0.15, -0.1) is 0 Å². The standard InChI is InChI=1S/C34H48N6O7/c1-5-15-44-17-18-45-16-9-7-6-8-14-39-22-26(30(38-39)31(35)42)19-28(41)27-23-46-32(37-27)25-12-13-36-29(20-25)40(21-24-10-11-24)33(43)47-34(2,3)4/h12-13,20,22-24H,5-11,14-19,21H2,1-4H3,(H2,35,42). The topological polar surface area (TPSA) is 165 Å². The van der Waals surface area contributed by atoms with E-state index in [0.717, 1.165) is 51.6 Å². The van der Waals surface area contributed by atoms with Gasteiger partial charge in [0.05, 0.1) is 13.2 Å². The van der Waals surface area contributed by atoms with E-state index >= 15 is 0 Å². The van der Waals surface area contributed by atoms with Crippen LogP contribution in [0.15, 0.2) is 35.2 Å². The molecule has 256 valence electrons. The number of unbranched alkanes of at least 4 members (excludes halogenated alkanes) is 3. The first-order valence-electron chi connectivity index (χ1n) is 16.5. The summed E-state index contributed by atoms with van der Waals surface area (Å²) in [7, 11) is 0. The maximum Gasteiger partial charge on any atom is 0.416 e. The lowest BCUT2D eigenvalue weighted by Crippen LogP contribution is -2.38. The summed E-state index contributed by atoms with van der Waals surface area (Å²) in [5.41, 5.74) is 6.09. The summed E-state index contributed by atoms with van der Waals surface area (Å²) in [5, 5.41) is 4.34. The van der Waals surface area contributed by atoms with Crippen LogP contribution in [0.4, 0.5) is 10.6 Å². The lowest BCUT2D eigenvalue weighted by molar-refractivity contribution is 0.0465. The quantitative estimate of drug-likeness (QED) is 0.120. The molecule has 0 aromatic carbocycles. The van der Waals surface area contributed by atoms with Crippen molar-refractivity contribution in [2.24, 2.45) is 11.7 Å². The van der Waals surface area contributed by atoms with E-state index in [2.05, 4.69) is 22.0 Å². The first-order chi connectivity index (χ1) is 22.5. The van der Waals surface area contributed by atoms with Crippen molar-refractivity contribution < 1.29 is 33.0 Å². The Kier molecular flexibility index (Phi) is 13.1. The predicted octanol–water partition coefficient (Wildman–Crippen LogP) is 5.61. The highest BCUT2D eigenvalue weighted by Crippen LogP contribution is 2.33. The zero-order chi connectivity index (χ0) is 33.8. The molecule has 0 spiro atoms. The number of pyridine rings is 1. The number of rotatable bonds is 20. The molecule has 0 atom stereocenters. The molecule has 2 N–H and O–H groups in total. The van der Waals surface area contributed by atoms with E-state index in [1.807, 2.05) is 20.8 Å². The molecule has 0 aliphatic heterocycles. The molecular formula is C34H48N6O7. The van der Waals surface area contributed by atoms with Crippen molar-refractivity contribution >= 4 is 23.6 Å². The molecule has 0 bridgehead atoms. The van der Waals surface area contributed by atoms with E-state index in [4.69, 9.17) is 24.4 Å². The molecule has 0 unspecified atom stereocenters. The Balaban J connectivity index is 1.32. The first-order valence-corrected chi connectivity index (χ1v) is 16.5. The third-order valence-electron chi connectivity index (χ3n) is 7.38. The summed E-state index contributed by atoms with van der Waals surface area (Å²) in [6.07, 6.45) is 10.9. The van der Waals surface area contributed by atoms with Gasteiger partial charge in [0.25, 0.3) is 5.91 Å². The number of nitrogens with two attached hydrogens (primary N) is 1. The highest BCUT2D eigenvalue weighted by molar-refractivity contribution is 5.99. The van der Waals surface area contributed by atoms with E-state index in [9.17, 15) is 14.4 Å². The van der Waals surface area contributed by atoms with Crippen molar-refractivity contribution in [1.82, 2.24) is 19.7 Å². The van der Waals surface area contributed by atoms with Crippen LogP contribution in [0.1, 0.15) is 99.2 Å². The summed E-state index contributed by atoms with van der Waals surface area (Å²) in [5.74, 6) is -0.0270. The Bertz CT molecular complexity index is 1470. The summed E-state index contributed by atoms with van der Waals surface area (Å²) < 4.78 is 23.9. The van der Waals surface area contributed by atoms with Gasteiger partial charge in [0, 0.05) is 56.2 Å². The van der Waals surface area contributed by atoms with Crippen molar-refractivity contribution in [2.75, 3.05) is 37.9 Å². The number of aromatic nitrogens is 4. The molecule has 47 heavy (non-hydrogen) atoms. The van der Waals surface area contributed by atoms with Gasteiger partial charge in [0.1, 0.15) is 23.4 Å². The molecule has 1 aliphatic carbocycles. The van der Waals surface area contributed by atoms with Crippen LogP contribution in [-0.4, -0.2) is 76.1 Å². The Morgan fingerprint density at radius 2 is 1.81 bits per heavy atom. The van der Waals surface area contributed by atoms with Crippen molar-refractivity contribution in [2.45, 2.75) is 91.2 Å². The first kappa shape index (κ1) is 35.7. The van der Waals surface area contributed by atoms with Gasteiger partial charge >= 0.3 is 6.09 Å². The number of hydrogen-bond acceptors (Lipinski definition) is 10. The van der Waals surface area contributed by atoms with Gasteiger partial charge in [-0.25, -0.2) is 14.8 Å². The van der Waals surface area contributed by atoms with Crippen molar-refractivity contribution in [3.05, 3.63) is 47.7 Å². The number of carbonyl (C=O) groups is 3. The Labute approximate surface area is 276 Å². The van der Waals surface area contributed by atoms with Crippen molar-refractivity contribution in [3.8, 4) is 11.5 Å². The fourth-order valence-electron chi connectivity index (χ4n) is 4.85. The number of amides is 2. The summed E-state index contributed by atoms with van der Waals surface area (Å²) in [4.78, 5) is 48.7. The molecular weight excluding hydrogens is 604 g/mol. The number of ketones is 1. The van der Waals surface area contributed by atoms with E-state index < -0.39 is 17.6 Å². The minimum absolute atomic E-state index is 0.0671. The minimum Gasteiger partial charge on any atom is -0.444 e. The van der Waals surface area contributed by atoms with E-state index in [1.165, 1.54) is 11.2 Å². The molecule has 13 heteroatoms. The molecule has 1 fully saturated rings. The van der Waals surface area contributed by atoms with Crippen LogP contribution in [0, 0.1) is 5.92 Å². The zero-order valence-corrected chi connectivity index (χ0v) is 28.0. The minimum atomic E-state index is -0.697. The number of Topliss-reactive ketones (excluding diaryl/α,β-unsaturated/α-hetero) is 1. The van der Waals surface area contributed by atoms with Gasteiger partial charge in [0.15, 0.2) is 11.5 Å². The molecule has 13 nitrogen and oxygen atoms in total. The molecule has 3 aromatic heterocycles. The molecule has 1 aliphatic rings. The van der Waals surface area contributed by atoms with Crippen LogP contribution in [-0.2, 0) is 27.2 Å². The Morgan fingerprint density at radius 1 is 1.06 bits per heavy atom. The predicted molar refractivity (Wildman–Crippen MR) is 175 cm³/mol. The molecule has 3 heterocycles. The summed E-state index contributed by atoms with van der Waals surface area (Å²) in [6.45, 7) is 11.3. The number of hydrogen-bond donors (Lipinski definition) is 1. The van der Waals surface area contributed by atoms with Crippen molar-refractivity contribution in [1.29, 1.82) is 0 Å². The number of aryl methyl sites for hydroxylation is 1. The maximum atomic E-state index is 13.2. The fraction of sp³-hybridized carbons (Fsp3) is 0.588. The number of carbonyl (C=O) groups excluding carboxylic acids is 3. The van der Waals surface area contributed by atoms with Gasteiger partial charge in [-0.3, -0.25) is 19.2 Å². The number of oxazole rings is 1. The normalized spacial score (nSPS) is 13.1. The third kappa shape index (κ3) is 11.6. The van der Waals surface area contributed by atoms with Gasteiger partial charge < -0.3 is 24.4 Å². The fourth-order valence-corrected chi connectivity index (χ4v) is 4.85. The van der Waals surface area contributed by atoms with E-state index in [0.29, 0.717) is 55.8 Å². The van der Waals surface area contributed by atoms with Gasteiger partial charge in [0.2, 0.25) is 5.89 Å². The molecule has 0 radical (unpaired) electrons. The van der Waals surface area contributed by atoms with Crippen LogP contribution in [0.3, 0.4) is 0 Å². The van der Waals surface area contributed by atoms with Crippen molar-refractivity contribution in [3.63, 3.8) is 0 Å². The molecule has 2 amide bonds. The number of primary amides is 1. The Hall–Kier alpha value is -4.10. The van der Waals surface area contributed by atoms with Gasteiger partial charge in [-0.1, -0.05) is 19.8 Å². The second-order valence-electron chi connectivity index (χ2n) is 12.8. The van der Waals surface area contributed by atoms with Gasteiger partial charge in [-0.2, -0.15) is 5.10 Å². The highest BCUT2D eigenvalue weighted by atomic mass is 16.6. The van der Waals surface area contributed by atoms with Crippen LogP contribution < -0.4 is 10.6 Å². The highest BCUT2D eigenvalue weighted by Gasteiger charge is 2.31. The van der Waals surface area contributed by atoms with Crippen LogP contribution in [0.25, 0.3) is 11.5 Å². The summed E-state index contributed by atoms with van der Waals surface area (Å²) in [6, 6.07) is 3.39. The van der Waals surface area contributed by atoms with Crippen LogP contribution >= 0.6 is 0 Å². The molecule has 4 rings (SSSR count). The Morgan fingerprint density at radius 3 is 2.51 bits per heavy atom. The maximum absolute atomic E-state index is 13.2. The van der Waals surface area contributed by atoms with Gasteiger partial charge in [-0.05, 0) is 70.9 Å². The smallest absolute Gasteiger partial charge is 0.416 e. The number of ether oxygens (including phenoxy) is 3. The van der Waals surface area contributed by atoms with E-state index in [1.54, 1.807) is 29.2 Å². The molecule has 0 saturated heterocycles. The third-order valence-corrected chi connectivity index (χ3v) is 7.38. The lowest BCUT2D eigenvalue weighted by atomic mass is 10.1. The number of anilines is 1. The second-order valence-corrected chi connectivity index (χ2v) is 12.8. The number of nitrogens with zero attached hydrogens (tertiary/aromatic N) is 5. The van der Waals surface area contributed by atoms with Crippen LogP contribution in [0.5, 0.6) is 0 Å². The monoisotopic (exact) mass is 652 g/mol. The summed E-state index contributed by atoms with van der Waals surface area (Å²) >= 11 is 0. The zero-order valence-electron chi connectivity index (χ0n) is 28.0. The molecule has 3 aromatic rings. The SMILES string of the molecule is CCCOCCOCCCCCCn1cc(CC(=O)c2coc(-c3ccnc(N(CC4CC4)C(=O)OC(C)(C)C)c3)n2)c(C(N)=O)n1. The van der Waals surface area contributed by atoms with E-state index in [-0.39, 0.29) is 29.5 Å². The average Bonchev–Trinajstić information content (AvgIpc) is 3.54.